The molecule has 15 heavy (non-hydrogen) atoms. The number of aromatic nitrogens is 2. The number of nitrogens with zero attached hydrogens (tertiary/aromatic N) is 1. The SMILES string of the molecule is Fc1ccc(CNc2cn[nH]c2)c(Cl)c1. The molecule has 1 heterocycles. The molecule has 0 amide bonds. The van der Waals surface area contributed by atoms with Gasteiger partial charge in [0.2, 0.25) is 0 Å². The molecule has 0 bridgehead atoms. The number of aromatic amines is 1. The van der Waals surface area contributed by atoms with E-state index in [1.807, 2.05) is 0 Å². The number of H-pyrrole nitrogens is 1. The van der Waals surface area contributed by atoms with E-state index in [1.165, 1.54) is 12.1 Å². The zero-order valence-electron chi connectivity index (χ0n) is 7.80. The molecule has 1 aromatic carbocycles. The molecule has 0 fully saturated rings. The van der Waals surface area contributed by atoms with Gasteiger partial charge in [0.25, 0.3) is 0 Å². The van der Waals surface area contributed by atoms with Gasteiger partial charge in [0, 0.05) is 17.8 Å². The first kappa shape index (κ1) is 9.98. The molecule has 0 saturated carbocycles. The number of hydrogen-bond donors (Lipinski definition) is 2. The summed E-state index contributed by atoms with van der Waals surface area (Å²) in [6.07, 6.45) is 3.40. The lowest BCUT2D eigenvalue weighted by Gasteiger charge is -2.05. The molecule has 2 aromatic rings. The quantitative estimate of drug-likeness (QED) is 0.843. The van der Waals surface area contributed by atoms with Crippen molar-refractivity contribution in [1.82, 2.24) is 10.2 Å². The molecule has 0 radical (unpaired) electrons. The highest BCUT2D eigenvalue weighted by molar-refractivity contribution is 6.31. The van der Waals surface area contributed by atoms with Crippen molar-refractivity contribution in [3.63, 3.8) is 0 Å². The second-order valence-electron chi connectivity index (χ2n) is 3.08. The predicted molar refractivity (Wildman–Crippen MR) is 57.3 cm³/mol. The molecule has 1 aromatic heterocycles. The summed E-state index contributed by atoms with van der Waals surface area (Å²) < 4.78 is 12.7. The van der Waals surface area contributed by atoms with E-state index in [2.05, 4.69) is 15.5 Å². The summed E-state index contributed by atoms with van der Waals surface area (Å²) in [5.41, 5.74) is 1.72. The van der Waals surface area contributed by atoms with Crippen molar-refractivity contribution in [3.8, 4) is 0 Å². The second kappa shape index (κ2) is 4.31. The van der Waals surface area contributed by atoms with Gasteiger partial charge in [-0.05, 0) is 17.7 Å². The Bertz CT molecular complexity index is 442. The highest BCUT2D eigenvalue weighted by Gasteiger charge is 2.01. The van der Waals surface area contributed by atoms with E-state index in [1.54, 1.807) is 18.5 Å². The van der Waals surface area contributed by atoms with E-state index in [4.69, 9.17) is 11.6 Å². The Morgan fingerprint density at radius 3 is 3.00 bits per heavy atom. The minimum absolute atomic E-state index is 0.327. The lowest BCUT2D eigenvalue weighted by Crippen LogP contribution is -1.99. The fraction of sp³-hybridized carbons (Fsp3) is 0.100. The number of hydrogen-bond acceptors (Lipinski definition) is 2. The summed E-state index contributed by atoms with van der Waals surface area (Å²) >= 11 is 5.87. The Labute approximate surface area is 91.3 Å². The molecule has 78 valence electrons. The van der Waals surface area contributed by atoms with E-state index in [-0.39, 0.29) is 5.82 Å². The first-order chi connectivity index (χ1) is 7.25. The average Bonchev–Trinajstić information content (AvgIpc) is 2.69. The molecule has 0 saturated heterocycles. The van der Waals surface area contributed by atoms with Crippen LogP contribution in [-0.2, 0) is 6.54 Å². The van der Waals surface area contributed by atoms with Gasteiger partial charge in [0.15, 0.2) is 0 Å². The molecule has 0 unspecified atom stereocenters. The van der Waals surface area contributed by atoms with Crippen molar-refractivity contribution < 1.29 is 4.39 Å². The van der Waals surface area contributed by atoms with Crippen LogP contribution in [0.15, 0.2) is 30.6 Å². The second-order valence-corrected chi connectivity index (χ2v) is 3.48. The molecule has 0 aliphatic heterocycles. The van der Waals surface area contributed by atoms with Gasteiger partial charge in [-0.15, -0.1) is 0 Å². The van der Waals surface area contributed by atoms with Crippen LogP contribution in [0.2, 0.25) is 5.02 Å². The smallest absolute Gasteiger partial charge is 0.124 e. The van der Waals surface area contributed by atoms with Gasteiger partial charge in [-0.25, -0.2) is 4.39 Å². The van der Waals surface area contributed by atoms with Crippen LogP contribution in [0.3, 0.4) is 0 Å². The molecule has 0 aliphatic carbocycles. The standard InChI is InChI=1S/C10H9ClFN3/c11-10-3-8(12)2-1-7(10)4-13-9-5-14-15-6-9/h1-3,5-6,13H,4H2,(H,14,15). The third-order valence-electron chi connectivity index (χ3n) is 2.00. The maximum atomic E-state index is 12.7. The summed E-state index contributed by atoms with van der Waals surface area (Å²) in [6, 6.07) is 4.34. The number of benzene rings is 1. The maximum absolute atomic E-state index is 12.7. The summed E-state index contributed by atoms with van der Waals surface area (Å²) in [6.45, 7) is 0.540. The molecule has 2 N–H and O–H groups in total. The van der Waals surface area contributed by atoms with Crippen LogP contribution >= 0.6 is 11.6 Å². The van der Waals surface area contributed by atoms with Crippen LogP contribution in [0.1, 0.15) is 5.56 Å². The number of nitrogens with one attached hydrogen (secondary N) is 2. The summed E-state index contributed by atoms with van der Waals surface area (Å²) in [5.74, 6) is -0.327. The highest BCUT2D eigenvalue weighted by Crippen LogP contribution is 2.18. The highest BCUT2D eigenvalue weighted by atomic mass is 35.5. The van der Waals surface area contributed by atoms with Gasteiger partial charge in [-0.1, -0.05) is 17.7 Å². The largest absolute Gasteiger partial charge is 0.378 e. The number of anilines is 1. The van der Waals surface area contributed by atoms with Crippen LogP contribution in [0, 0.1) is 5.82 Å². The summed E-state index contributed by atoms with van der Waals surface area (Å²) in [4.78, 5) is 0. The molecule has 0 spiro atoms. The van der Waals surface area contributed by atoms with Crippen molar-refractivity contribution in [2.75, 3.05) is 5.32 Å². The summed E-state index contributed by atoms with van der Waals surface area (Å²) in [5, 5.41) is 10.00. The lowest BCUT2D eigenvalue weighted by molar-refractivity contribution is 0.627. The molecule has 2 rings (SSSR count). The first-order valence-electron chi connectivity index (χ1n) is 4.42. The van der Waals surface area contributed by atoms with E-state index in [0.717, 1.165) is 11.3 Å². The zero-order chi connectivity index (χ0) is 10.7. The van der Waals surface area contributed by atoms with Gasteiger partial charge in [-0.2, -0.15) is 5.10 Å². The van der Waals surface area contributed by atoms with E-state index in [0.29, 0.717) is 11.6 Å². The van der Waals surface area contributed by atoms with Crippen molar-refractivity contribution in [3.05, 3.63) is 47.0 Å². The molecular formula is C10H9ClFN3. The fourth-order valence-electron chi connectivity index (χ4n) is 1.21. The lowest BCUT2D eigenvalue weighted by atomic mass is 10.2. The summed E-state index contributed by atoms with van der Waals surface area (Å²) in [7, 11) is 0. The normalized spacial score (nSPS) is 10.3. The van der Waals surface area contributed by atoms with Crippen LogP contribution < -0.4 is 5.32 Å². The van der Waals surface area contributed by atoms with Gasteiger partial charge >= 0.3 is 0 Å². The topological polar surface area (TPSA) is 40.7 Å². The first-order valence-corrected chi connectivity index (χ1v) is 4.80. The van der Waals surface area contributed by atoms with Crippen molar-refractivity contribution in [2.45, 2.75) is 6.54 Å². The monoisotopic (exact) mass is 225 g/mol. The number of rotatable bonds is 3. The van der Waals surface area contributed by atoms with Crippen LogP contribution in [0.25, 0.3) is 0 Å². The van der Waals surface area contributed by atoms with Crippen molar-refractivity contribution in [1.29, 1.82) is 0 Å². The fourth-order valence-corrected chi connectivity index (χ4v) is 1.44. The third-order valence-corrected chi connectivity index (χ3v) is 2.35. The third kappa shape index (κ3) is 2.47. The van der Waals surface area contributed by atoms with Gasteiger partial charge in [0.1, 0.15) is 5.82 Å². The predicted octanol–water partition coefficient (Wildman–Crippen LogP) is 2.81. The van der Waals surface area contributed by atoms with Crippen molar-refractivity contribution >= 4 is 17.3 Å². The van der Waals surface area contributed by atoms with Crippen LogP contribution in [0.4, 0.5) is 10.1 Å². The Kier molecular flexibility index (Phi) is 2.87. The zero-order valence-corrected chi connectivity index (χ0v) is 8.55. The van der Waals surface area contributed by atoms with Crippen LogP contribution in [-0.4, -0.2) is 10.2 Å². The van der Waals surface area contributed by atoms with E-state index in [9.17, 15) is 4.39 Å². The van der Waals surface area contributed by atoms with Gasteiger partial charge in [-0.3, -0.25) is 5.10 Å². The molecule has 0 aliphatic rings. The maximum Gasteiger partial charge on any atom is 0.124 e. The number of halogens is 2. The van der Waals surface area contributed by atoms with Crippen LogP contribution in [0.5, 0.6) is 0 Å². The molecule has 0 atom stereocenters. The van der Waals surface area contributed by atoms with E-state index < -0.39 is 0 Å². The Morgan fingerprint density at radius 2 is 2.33 bits per heavy atom. The van der Waals surface area contributed by atoms with Gasteiger partial charge in [0.05, 0.1) is 11.9 Å². The minimum atomic E-state index is -0.327. The van der Waals surface area contributed by atoms with E-state index >= 15 is 0 Å². The van der Waals surface area contributed by atoms with Gasteiger partial charge < -0.3 is 5.32 Å². The van der Waals surface area contributed by atoms with Crippen molar-refractivity contribution in [2.24, 2.45) is 0 Å². The molecule has 5 heteroatoms. The molecular weight excluding hydrogens is 217 g/mol. The molecule has 3 nitrogen and oxygen atoms in total. The average molecular weight is 226 g/mol. The Balaban J connectivity index is 2.05. The minimum Gasteiger partial charge on any atom is -0.378 e. The Hall–Kier alpha value is -1.55. The Morgan fingerprint density at radius 1 is 1.47 bits per heavy atom.